The van der Waals surface area contributed by atoms with Gasteiger partial charge in [0.1, 0.15) is 0 Å². The van der Waals surface area contributed by atoms with E-state index in [4.69, 9.17) is 14.2 Å². The number of aryl methyl sites for hydroxylation is 1. The molecule has 1 amide bonds. The van der Waals surface area contributed by atoms with Crippen LogP contribution in [0, 0.1) is 0 Å². The molecular weight excluding hydrogens is 346 g/mol. The Morgan fingerprint density at radius 2 is 1.74 bits per heavy atom. The topological polar surface area (TPSA) is 74.6 Å². The first kappa shape index (κ1) is 18.6. The summed E-state index contributed by atoms with van der Waals surface area (Å²) in [6, 6.07) is 11.3. The minimum absolute atomic E-state index is 0.156. The van der Waals surface area contributed by atoms with Crippen molar-refractivity contribution in [2.24, 2.45) is 0 Å². The molecule has 0 fully saturated rings. The Hall–Kier alpha value is -3.22. The Morgan fingerprint density at radius 3 is 2.33 bits per heavy atom. The number of carbonyl (C=O) groups excluding carboxylic acids is 1. The number of ether oxygens (including phenoxy) is 3. The number of amides is 1. The molecule has 2 aromatic carbocycles. The summed E-state index contributed by atoms with van der Waals surface area (Å²) in [5.74, 6) is 1.89. The number of fused-ring (bicyclic) bond motifs is 1. The second kappa shape index (κ2) is 7.99. The predicted octanol–water partition coefficient (Wildman–Crippen LogP) is 3.26. The van der Waals surface area contributed by atoms with Crippen molar-refractivity contribution < 1.29 is 19.0 Å². The van der Waals surface area contributed by atoms with E-state index in [9.17, 15) is 4.79 Å². The van der Waals surface area contributed by atoms with Crippen LogP contribution in [0.1, 0.15) is 12.5 Å². The van der Waals surface area contributed by atoms with Gasteiger partial charge in [0.2, 0.25) is 17.6 Å². The number of nitrogens with zero attached hydrogens (tertiary/aromatic N) is 2. The van der Waals surface area contributed by atoms with Gasteiger partial charge in [-0.2, -0.15) is 0 Å². The van der Waals surface area contributed by atoms with Crippen LogP contribution in [-0.4, -0.2) is 36.8 Å². The summed E-state index contributed by atoms with van der Waals surface area (Å²) in [5, 5.41) is 2.90. The molecule has 0 spiro atoms. The largest absolute Gasteiger partial charge is 0.493 e. The maximum Gasteiger partial charge on any atom is 0.231 e. The standard InChI is InChI=1S/C20H23N3O4/c1-5-23-15-9-7-6-8-14(15)21-20(23)22-18(24)12-13-10-16(25-2)19(27-4)17(11-13)26-3/h6-11H,5,12H2,1-4H3,(H,21,22,24). The highest BCUT2D eigenvalue weighted by Gasteiger charge is 2.16. The van der Waals surface area contributed by atoms with Crippen LogP contribution < -0.4 is 19.5 Å². The first-order chi connectivity index (χ1) is 13.1. The first-order valence-corrected chi connectivity index (χ1v) is 8.65. The van der Waals surface area contributed by atoms with Gasteiger partial charge in [0.05, 0.1) is 38.8 Å². The second-order valence-corrected chi connectivity index (χ2v) is 5.93. The lowest BCUT2D eigenvalue weighted by atomic mass is 10.1. The number of nitrogens with one attached hydrogen (secondary N) is 1. The highest BCUT2D eigenvalue weighted by atomic mass is 16.5. The number of methoxy groups -OCH3 is 3. The zero-order chi connectivity index (χ0) is 19.4. The van der Waals surface area contributed by atoms with Gasteiger partial charge in [-0.05, 0) is 36.8 Å². The van der Waals surface area contributed by atoms with Gasteiger partial charge in [0.15, 0.2) is 11.5 Å². The summed E-state index contributed by atoms with van der Waals surface area (Å²) >= 11 is 0. The molecule has 142 valence electrons. The Morgan fingerprint density at radius 1 is 1.07 bits per heavy atom. The highest BCUT2D eigenvalue weighted by Crippen LogP contribution is 2.38. The number of anilines is 1. The van der Waals surface area contributed by atoms with Crippen LogP contribution in [0.5, 0.6) is 17.2 Å². The average Bonchev–Trinajstić information content (AvgIpc) is 3.03. The van der Waals surface area contributed by atoms with Crippen LogP contribution in [0.15, 0.2) is 36.4 Å². The molecule has 1 aromatic heterocycles. The monoisotopic (exact) mass is 369 g/mol. The van der Waals surface area contributed by atoms with Crippen LogP contribution in [0.4, 0.5) is 5.95 Å². The molecule has 0 aliphatic carbocycles. The van der Waals surface area contributed by atoms with Gasteiger partial charge in [0, 0.05) is 6.54 Å². The normalized spacial score (nSPS) is 10.7. The molecular formula is C20H23N3O4. The molecule has 1 N–H and O–H groups in total. The molecule has 0 aliphatic rings. The van der Waals surface area contributed by atoms with Gasteiger partial charge in [0.25, 0.3) is 0 Å². The van der Waals surface area contributed by atoms with E-state index < -0.39 is 0 Å². The second-order valence-electron chi connectivity index (χ2n) is 5.93. The zero-order valence-electron chi connectivity index (χ0n) is 15.9. The lowest BCUT2D eigenvalue weighted by molar-refractivity contribution is -0.115. The summed E-state index contributed by atoms with van der Waals surface area (Å²) in [7, 11) is 4.64. The smallest absolute Gasteiger partial charge is 0.231 e. The third-order valence-electron chi connectivity index (χ3n) is 4.31. The maximum atomic E-state index is 12.6. The van der Waals surface area contributed by atoms with Crippen molar-refractivity contribution in [1.29, 1.82) is 0 Å². The Bertz CT molecular complexity index is 940. The molecule has 0 atom stereocenters. The van der Waals surface area contributed by atoms with Crippen LogP contribution in [0.2, 0.25) is 0 Å². The molecule has 0 radical (unpaired) electrons. The highest BCUT2D eigenvalue weighted by molar-refractivity contribution is 5.93. The number of hydrogen-bond donors (Lipinski definition) is 1. The summed E-state index contributed by atoms with van der Waals surface area (Å²) in [4.78, 5) is 17.1. The Kier molecular flexibility index (Phi) is 5.49. The fourth-order valence-electron chi connectivity index (χ4n) is 3.08. The summed E-state index contributed by atoms with van der Waals surface area (Å²) in [6.45, 7) is 2.73. The van der Waals surface area contributed by atoms with Gasteiger partial charge in [-0.1, -0.05) is 12.1 Å². The van der Waals surface area contributed by atoms with E-state index in [1.165, 1.54) is 0 Å². The van der Waals surface area contributed by atoms with Crippen molar-refractivity contribution in [1.82, 2.24) is 9.55 Å². The molecule has 1 heterocycles. The van der Waals surface area contributed by atoms with E-state index >= 15 is 0 Å². The van der Waals surface area contributed by atoms with Gasteiger partial charge in [-0.25, -0.2) is 4.98 Å². The number of benzene rings is 2. The van der Waals surface area contributed by atoms with Crippen LogP contribution in [0.3, 0.4) is 0 Å². The van der Waals surface area contributed by atoms with Crippen LogP contribution in [-0.2, 0) is 17.8 Å². The van der Waals surface area contributed by atoms with Crippen LogP contribution in [0.25, 0.3) is 11.0 Å². The molecule has 3 aromatic rings. The predicted molar refractivity (Wildman–Crippen MR) is 104 cm³/mol. The van der Waals surface area contributed by atoms with E-state index in [2.05, 4.69) is 10.3 Å². The molecule has 0 saturated heterocycles. The summed E-state index contributed by atoms with van der Waals surface area (Å²) in [6.07, 6.45) is 0.156. The van der Waals surface area contributed by atoms with Crippen molar-refractivity contribution >= 4 is 22.9 Å². The average molecular weight is 369 g/mol. The number of para-hydroxylation sites is 2. The lowest BCUT2D eigenvalue weighted by Crippen LogP contribution is -2.18. The third-order valence-corrected chi connectivity index (χ3v) is 4.31. The first-order valence-electron chi connectivity index (χ1n) is 8.65. The Balaban J connectivity index is 1.84. The van der Waals surface area contributed by atoms with Gasteiger partial charge >= 0.3 is 0 Å². The fraction of sp³-hybridized carbons (Fsp3) is 0.300. The SMILES string of the molecule is CCn1c(NC(=O)Cc2cc(OC)c(OC)c(OC)c2)nc2ccccc21. The van der Waals surface area contributed by atoms with Crippen molar-refractivity contribution in [3.8, 4) is 17.2 Å². The molecule has 0 saturated carbocycles. The molecule has 3 rings (SSSR count). The molecule has 7 nitrogen and oxygen atoms in total. The number of imidazole rings is 1. The van der Waals surface area contributed by atoms with Gasteiger partial charge < -0.3 is 18.8 Å². The third kappa shape index (κ3) is 3.67. The van der Waals surface area contributed by atoms with Crippen molar-refractivity contribution in [2.75, 3.05) is 26.6 Å². The molecule has 0 unspecified atom stereocenters. The number of carbonyl (C=O) groups is 1. The van der Waals surface area contributed by atoms with Crippen LogP contribution >= 0.6 is 0 Å². The minimum Gasteiger partial charge on any atom is -0.493 e. The number of rotatable bonds is 7. The summed E-state index contributed by atoms with van der Waals surface area (Å²) < 4.78 is 18.0. The molecule has 27 heavy (non-hydrogen) atoms. The minimum atomic E-state index is -0.172. The fourth-order valence-corrected chi connectivity index (χ4v) is 3.08. The van der Waals surface area contributed by atoms with E-state index in [0.29, 0.717) is 29.7 Å². The quantitative estimate of drug-likeness (QED) is 0.692. The van der Waals surface area contributed by atoms with Crippen molar-refractivity contribution in [2.45, 2.75) is 19.9 Å². The Labute approximate surface area is 157 Å². The van der Waals surface area contributed by atoms with Crippen molar-refractivity contribution in [3.05, 3.63) is 42.0 Å². The molecule has 0 aliphatic heterocycles. The van der Waals surface area contributed by atoms with E-state index in [-0.39, 0.29) is 12.3 Å². The zero-order valence-corrected chi connectivity index (χ0v) is 15.9. The van der Waals surface area contributed by atoms with E-state index in [1.807, 2.05) is 35.8 Å². The molecule has 0 bridgehead atoms. The van der Waals surface area contributed by atoms with E-state index in [0.717, 1.165) is 16.6 Å². The van der Waals surface area contributed by atoms with Gasteiger partial charge in [-0.3, -0.25) is 10.1 Å². The lowest BCUT2D eigenvalue weighted by Gasteiger charge is -2.14. The van der Waals surface area contributed by atoms with E-state index in [1.54, 1.807) is 33.5 Å². The molecule has 7 heteroatoms. The van der Waals surface area contributed by atoms with Gasteiger partial charge in [-0.15, -0.1) is 0 Å². The summed E-state index contributed by atoms with van der Waals surface area (Å²) in [5.41, 5.74) is 2.59. The number of aromatic nitrogens is 2. The van der Waals surface area contributed by atoms with Crippen molar-refractivity contribution in [3.63, 3.8) is 0 Å². The maximum absolute atomic E-state index is 12.6. The number of hydrogen-bond acceptors (Lipinski definition) is 5.